The van der Waals surface area contributed by atoms with Gasteiger partial charge < -0.3 is 15.2 Å². The number of benzene rings is 1. The van der Waals surface area contributed by atoms with Crippen LogP contribution in [0.3, 0.4) is 0 Å². The highest BCUT2D eigenvalue weighted by Gasteiger charge is 2.29. The van der Waals surface area contributed by atoms with Crippen LogP contribution in [0.25, 0.3) is 11.0 Å². The van der Waals surface area contributed by atoms with Gasteiger partial charge in [0, 0.05) is 24.0 Å². The molecule has 0 aliphatic carbocycles. The van der Waals surface area contributed by atoms with Crippen molar-refractivity contribution in [3.63, 3.8) is 0 Å². The van der Waals surface area contributed by atoms with Crippen molar-refractivity contribution >= 4 is 16.9 Å². The van der Waals surface area contributed by atoms with E-state index in [2.05, 4.69) is 5.16 Å². The summed E-state index contributed by atoms with van der Waals surface area (Å²) in [4.78, 5) is 14.5. The lowest BCUT2D eigenvalue weighted by Gasteiger charge is -2.38. The summed E-state index contributed by atoms with van der Waals surface area (Å²) in [5.74, 6) is 0.0936. The molecule has 2 aromatic rings. The number of hydrogen-bond donors (Lipinski definition) is 1. The second-order valence-electron chi connectivity index (χ2n) is 5.81. The molecule has 2 atom stereocenters. The molecule has 2 N–H and O–H groups in total. The molecule has 0 radical (unpaired) electrons. The number of fused-ring (bicyclic) bond motifs is 1. The first kappa shape index (κ1) is 14.1. The Kier molecular flexibility index (Phi) is 3.92. The predicted molar refractivity (Wildman–Crippen MR) is 80.7 cm³/mol. The van der Waals surface area contributed by atoms with Gasteiger partial charge in [0.25, 0.3) is 0 Å². The highest BCUT2D eigenvalue weighted by Crippen LogP contribution is 2.22. The lowest BCUT2D eigenvalue weighted by Crippen LogP contribution is -2.52. The van der Waals surface area contributed by atoms with E-state index in [-0.39, 0.29) is 24.4 Å². The summed E-state index contributed by atoms with van der Waals surface area (Å²) in [6, 6.07) is 7.78. The van der Waals surface area contributed by atoms with Crippen LogP contribution < -0.4 is 5.73 Å². The molecule has 3 rings (SSSR count). The van der Waals surface area contributed by atoms with Gasteiger partial charge in [0.1, 0.15) is 5.69 Å². The van der Waals surface area contributed by atoms with Crippen molar-refractivity contribution in [2.45, 2.75) is 44.7 Å². The number of amides is 1. The third-order valence-electron chi connectivity index (χ3n) is 4.25. The maximum atomic E-state index is 12.6. The van der Waals surface area contributed by atoms with Crippen molar-refractivity contribution in [2.75, 3.05) is 6.54 Å². The van der Waals surface area contributed by atoms with Crippen LogP contribution in [-0.2, 0) is 11.2 Å². The molecule has 2 unspecified atom stereocenters. The Balaban J connectivity index is 1.79. The van der Waals surface area contributed by atoms with E-state index in [1.165, 1.54) is 0 Å². The zero-order chi connectivity index (χ0) is 14.8. The highest BCUT2D eigenvalue weighted by molar-refractivity contribution is 5.86. The Hall–Kier alpha value is -1.88. The Morgan fingerprint density at radius 3 is 3.10 bits per heavy atom. The van der Waals surface area contributed by atoms with Gasteiger partial charge in [-0.1, -0.05) is 17.3 Å². The number of carbonyl (C=O) groups excluding carboxylic acids is 1. The summed E-state index contributed by atoms with van der Waals surface area (Å²) in [5.41, 5.74) is 7.47. The topological polar surface area (TPSA) is 72.4 Å². The average Bonchev–Trinajstić information content (AvgIpc) is 2.90. The summed E-state index contributed by atoms with van der Waals surface area (Å²) < 4.78 is 5.27. The van der Waals surface area contributed by atoms with Gasteiger partial charge in [0.05, 0.1) is 6.42 Å². The van der Waals surface area contributed by atoms with Crippen molar-refractivity contribution in [1.82, 2.24) is 10.1 Å². The molecule has 1 saturated heterocycles. The van der Waals surface area contributed by atoms with E-state index in [1.807, 2.05) is 36.1 Å². The average molecular weight is 287 g/mol. The number of aromatic nitrogens is 1. The standard InChI is InChI=1S/C16H21N3O2/c1-11(17)14-7-4-5-9-19(14)16(20)10-13-12-6-2-3-8-15(12)21-18-13/h2-3,6,8,11,14H,4-5,7,9-10,17H2,1H3. The smallest absolute Gasteiger partial charge is 0.229 e. The van der Waals surface area contributed by atoms with E-state index < -0.39 is 0 Å². The van der Waals surface area contributed by atoms with Gasteiger partial charge in [-0.25, -0.2) is 0 Å². The SMILES string of the molecule is CC(N)C1CCCCN1C(=O)Cc1noc2ccccc12. The van der Waals surface area contributed by atoms with Crippen LogP contribution in [0.5, 0.6) is 0 Å². The molecule has 1 amide bonds. The number of piperidine rings is 1. The second-order valence-corrected chi connectivity index (χ2v) is 5.81. The Morgan fingerprint density at radius 1 is 1.48 bits per heavy atom. The molecule has 2 heterocycles. The lowest BCUT2D eigenvalue weighted by atomic mass is 9.96. The fraction of sp³-hybridized carbons (Fsp3) is 0.500. The van der Waals surface area contributed by atoms with Crippen LogP contribution in [0.2, 0.25) is 0 Å². The first-order valence-electron chi connectivity index (χ1n) is 7.55. The normalized spacial score (nSPS) is 20.7. The molecule has 1 aliphatic heterocycles. The maximum Gasteiger partial charge on any atom is 0.229 e. The Bertz CT molecular complexity index is 635. The minimum atomic E-state index is 0.00306. The molecule has 5 heteroatoms. The van der Waals surface area contributed by atoms with Crippen LogP contribution in [0.4, 0.5) is 0 Å². The van der Waals surface area contributed by atoms with Gasteiger partial charge in [0.2, 0.25) is 5.91 Å². The first-order valence-corrected chi connectivity index (χ1v) is 7.55. The molecule has 1 fully saturated rings. The zero-order valence-electron chi connectivity index (χ0n) is 12.3. The highest BCUT2D eigenvalue weighted by atomic mass is 16.5. The molecule has 5 nitrogen and oxygen atoms in total. The van der Waals surface area contributed by atoms with Gasteiger partial charge in [-0.2, -0.15) is 0 Å². The molecule has 0 bridgehead atoms. The third-order valence-corrected chi connectivity index (χ3v) is 4.25. The minimum Gasteiger partial charge on any atom is -0.356 e. The molecule has 112 valence electrons. The molecular weight excluding hydrogens is 266 g/mol. The number of para-hydroxylation sites is 1. The Morgan fingerprint density at radius 2 is 2.29 bits per heavy atom. The number of nitrogens with zero attached hydrogens (tertiary/aromatic N) is 2. The van der Waals surface area contributed by atoms with E-state index in [9.17, 15) is 4.79 Å². The van der Waals surface area contributed by atoms with Crippen LogP contribution in [0, 0.1) is 0 Å². The van der Waals surface area contributed by atoms with Crippen LogP contribution >= 0.6 is 0 Å². The molecular formula is C16H21N3O2. The molecule has 1 aromatic heterocycles. The summed E-state index contributed by atoms with van der Waals surface area (Å²) in [5, 5.41) is 4.96. The fourth-order valence-electron chi connectivity index (χ4n) is 3.12. The lowest BCUT2D eigenvalue weighted by molar-refractivity contribution is -0.134. The van der Waals surface area contributed by atoms with Gasteiger partial charge in [-0.3, -0.25) is 4.79 Å². The summed E-state index contributed by atoms with van der Waals surface area (Å²) >= 11 is 0. The number of carbonyl (C=O) groups is 1. The number of hydrogen-bond acceptors (Lipinski definition) is 4. The Labute approximate surface area is 124 Å². The summed E-state index contributed by atoms with van der Waals surface area (Å²) in [6.07, 6.45) is 3.46. The quantitative estimate of drug-likeness (QED) is 0.938. The van der Waals surface area contributed by atoms with Crippen molar-refractivity contribution < 1.29 is 9.32 Å². The maximum absolute atomic E-state index is 12.6. The van der Waals surface area contributed by atoms with Crippen LogP contribution in [0.1, 0.15) is 31.9 Å². The number of nitrogens with two attached hydrogens (primary N) is 1. The van der Waals surface area contributed by atoms with E-state index in [0.29, 0.717) is 5.69 Å². The minimum absolute atomic E-state index is 0.00306. The number of likely N-dealkylation sites (tertiary alicyclic amines) is 1. The molecule has 0 spiro atoms. The van der Waals surface area contributed by atoms with Gasteiger partial charge >= 0.3 is 0 Å². The van der Waals surface area contributed by atoms with Gasteiger partial charge in [-0.05, 0) is 38.3 Å². The van der Waals surface area contributed by atoms with Crippen molar-refractivity contribution in [3.8, 4) is 0 Å². The second kappa shape index (κ2) is 5.85. The van der Waals surface area contributed by atoms with Crippen molar-refractivity contribution in [2.24, 2.45) is 5.73 Å². The third kappa shape index (κ3) is 2.78. The van der Waals surface area contributed by atoms with E-state index in [1.54, 1.807) is 0 Å². The van der Waals surface area contributed by atoms with E-state index >= 15 is 0 Å². The monoisotopic (exact) mass is 287 g/mol. The predicted octanol–water partition coefficient (Wildman–Crippen LogP) is 2.10. The largest absolute Gasteiger partial charge is 0.356 e. The molecule has 1 aromatic carbocycles. The summed E-state index contributed by atoms with van der Waals surface area (Å²) in [7, 11) is 0. The van der Waals surface area contributed by atoms with Crippen LogP contribution in [0.15, 0.2) is 28.8 Å². The summed E-state index contributed by atoms with van der Waals surface area (Å²) in [6.45, 7) is 2.77. The molecule has 0 saturated carbocycles. The zero-order valence-corrected chi connectivity index (χ0v) is 12.3. The van der Waals surface area contributed by atoms with Crippen molar-refractivity contribution in [3.05, 3.63) is 30.0 Å². The first-order chi connectivity index (χ1) is 10.2. The molecule has 1 aliphatic rings. The molecule has 21 heavy (non-hydrogen) atoms. The van der Waals surface area contributed by atoms with Gasteiger partial charge in [0.15, 0.2) is 5.58 Å². The van der Waals surface area contributed by atoms with Crippen LogP contribution in [-0.4, -0.2) is 34.6 Å². The van der Waals surface area contributed by atoms with Gasteiger partial charge in [-0.15, -0.1) is 0 Å². The van der Waals surface area contributed by atoms with Crippen molar-refractivity contribution in [1.29, 1.82) is 0 Å². The number of rotatable bonds is 3. The van der Waals surface area contributed by atoms with E-state index in [0.717, 1.165) is 36.8 Å². The van der Waals surface area contributed by atoms with E-state index in [4.69, 9.17) is 10.3 Å². The fourth-order valence-corrected chi connectivity index (χ4v) is 3.12.